The molecule has 16 heavy (non-hydrogen) atoms. The molecule has 1 aliphatic rings. The lowest BCUT2D eigenvalue weighted by Gasteiger charge is -2.09. The van der Waals surface area contributed by atoms with Gasteiger partial charge in [-0.15, -0.1) is 0 Å². The van der Waals surface area contributed by atoms with Crippen molar-refractivity contribution >= 4 is 11.5 Å². The Morgan fingerprint density at radius 2 is 2.00 bits per heavy atom. The van der Waals surface area contributed by atoms with Gasteiger partial charge < -0.3 is 5.32 Å². The van der Waals surface area contributed by atoms with Crippen molar-refractivity contribution in [3.8, 4) is 0 Å². The van der Waals surface area contributed by atoms with Gasteiger partial charge in [0.25, 0.3) is 0 Å². The van der Waals surface area contributed by atoms with Crippen molar-refractivity contribution in [2.75, 3.05) is 11.9 Å². The molecule has 0 aromatic heterocycles. The summed E-state index contributed by atoms with van der Waals surface area (Å²) in [6, 6.07) is 3.51. The topological polar surface area (TPSA) is 24.4 Å². The van der Waals surface area contributed by atoms with Gasteiger partial charge in [0.05, 0.1) is 5.69 Å². The van der Waals surface area contributed by atoms with E-state index in [0.29, 0.717) is 5.69 Å². The highest BCUT2D eigenvalue weighted by atomic mass is 19.1. The zero-order valence-corrected chi connectivity index (χ0v) is 8.97. The van der Waals surface area contributed by atoms with Gasteiger partial charge in [0, 0.05) is 19.0 Å². The summed E-state index contributed by atoms with van der Waals surface area (Å²) in [7, 11) is 0. The van der Waals surface area contributed by atoms with E-state index >= 15 is 0 Å². The third-order valence-corrected chi connectivity index (χ3v) is 2.58. The maximum absolute atomic E-state index is 13.3. The van der Waals surface area contributed by atoms with Gasteiger partial charge in [-0.05, 0) is 25.0 Å². The van der Waals surface area contributed by atoms with Crippen LogP contribution in [0, 0.1) is 11.6 Å². The number of aliphatic imine (C=N–C) groups is 1. The van der Waals surface area contributed by atoms with Crippen LogP contribution in [0.4, 0.5) is 14.5 Å². The predicted molar refractivity (Wildman–Crippen MR) is 60.8 cm³/mol. The van der Waals surface area contributed by atoms with Crippen LogP contribution in [-0.4, -0.2) is 12.4 Å². The lowest BCUT2D eigenvalue weighted by atomic mass is 10.2. The number of amidine groups is 1. The first-order valence-corrected chi connectivity index (χ1v) is 5.51. The fourth-order valence-corrected chi connectivity index (χ4v) is 1.72. The summed E-state index contributed by atoms with van der Waals surface area (Å²) in [6.07, 6.45) is 4.13. The molecule has 0 bridgehead atoms. The van der Waals surface area contributed by atoms with E-state index in [2.05, 4.69) is 10.3 Å². The lowest BCUT2D eigenvalue weighted by Crippen LogP contribution is -2.12. The molecule has 0 aliphatic carbocycles. The molecule has 2 rings (SSSR count). The van der Waals surface area contributed by atoms with Crippen molar-refractivity contribution < 1.29 is 8.78 Å². The Kier molecular flexibility index (Phi) is 3.49. The van der Waals surface area contributed by atoms with Crippen LogP contribution in [0.1, 0.15) is 25.7 Å². The molecule has 0 unspecified atom stereocenters. The van der Waals surface area contributed by atoms with Gasteiger partial charge >= 0.3 is 0 Å². The van der Waals surface area contributed by atoms with E-state index in [1.165, 1.54) is 12.1 Å². The number of anilines is 1. The fraction of sp³-hybridized carbons (Fsp3) is 0.417. The highest BCUT2D eigenvalue weighted by Gasteiger charge is 2.08. The van der Waals surface area contributed by atoms with Crippen molar-refractivity contribution in [3.63, 3.8) is 0 Å². The highest BCUT2D eigenvalue weighted by Crippen LogP contribution is 2.17. The van der Waals surface area contributed by atoms with Crippen LogP contribution in [0.15, 0.2) is 23.2 Å². The monoisotopic (exact) mass is 224 g/mol. The molecule has 0 saturated heterocycles. The maximum Gasteiger partial charge on any atom is 0.149 e. The number of halogens is 2. The van der Waals surface area contributed by atoms with Crippen LogP contribution in [0.3, 0.4) is 0 Å². The summed E-state index contributed by atoms with van der Waals surface area (Å²) in [4.78, 5) is 4.33. The number of rotatable bonds is 1. The summed E-state index contributed by atoms with van der Waals surface area (Å²) in [5.74, 6) is -0.346. The molecular formula is C12H14F2N2. The smallest absolute Gasteiger partial charge is 0.149 e. The summed E-state index contributed by atoms with van der Waals surface area (Å²) in [5.41, 5.74) is 0.294. The third kappa shape index (κ3) is 2.78. The van der Waals surface area contributed by atoms with Crippen molar-refractivity contribution in [1.29, 1.82) is 0 Å². The Morgan fingerprint density at radius 1 is 1.12 bits per heavy atom. The maximum atomic E-state index is 13.3. The zero-order chi connectivity index (χ0) is 11.4. The number of nitrogens with zero attached hydrogens (tertiary/aromatic N) is 1. The van der Waals surface area contributed by atoms with E-state index in [-0.39, 0.29) is 0 Å². The van der Waals surface area contributed by atoms with E-state index in [1.807, 2.05) is 0 Å². The van der Waals surface area contributed by atoms with Gasteiger partial charge in [0.15, 0.2) is 0 Å². The van der Waals surface area contributed by atoms with Crippen LogP contribution in [-0.2, 0) is 0 Å². The molecule has 0 amide bonds. The first kappa shape index (κ1) is 11.0. The predicted octanol–water partition coefficient (Wildman–Crippen LogP) is 3.35. The standard InChI is InChI=1S/C12H14F2N2/c13-9-5-6-11(10(14)8-9)16-12-4-2-1-3-7-15-12/h5-6,8H,1-4,7H2,(H,15,16). The Morgan fingerprint density at radius 3 is 2.81 bits per heavy atom. The van der Waals surface area contributed by atoms with Gasteiger partial charge in [-0.3, -0.25) is 4.99 Å². The van der Waals surface area contributed by atoms with Gasteiger partial charge in [-0.25, -0.2) is 8.78 Å². The second kappa shape index (κ2) is 5.05. The lowest BCUT2D eigenvalue weighted by molar-refractivity contribution is 0.586. The first-order chi connectivity index (χ1) is 7.75. The third-order valence-electron chi connectivity index (χ3n) is 2.58. The van der Waals surface area contributed by atoms with E-state index < -0.39 is 11.6 Å². The molecule has 1 aromatic rings. The number of benzene rings is 1. The van der Waals surface area contributed by atoms with Gasteiger partial charge in [0.1, 0.15) is 17.5 Å². The summed E-state index contributed by atoms with van der Waals surface area (Å²) < 4.78 is 26.0. The molecule has 86 valence electrons. The second-order valence-electron chi connectivity index (χ2n) is 3.89. The van der Waals surface area contributed by atoms with Crippen LogP contribution in [0.5, 0.6) is 0 Å². The quantitative estimate of drug-likeness (QED) is 0.777. The largest absolute Gasteiger partial charge is 0.342 e. The minimum Gasteiger partial charge on any atom is -0.342 e. The normalized spacial score (nSPS) is 16.5. The van der Waals surface area contributed by atoms with E-state index in [9.17, 15) is 8.78 Å². The average molecular weight is 224 g/mol. The first-order valence-electron chi connectivity index (χ1n) is 5.51. The van der Waals surface area contributed by atoms with Crippen LogP contribution >= 0.6 is 0 Å². The van der Waals surface area contributed by atoms with Crippen molar-refractivity contribution in [2.45, 2.75) is 25.7 Å². The Balaban J connectivity index is 2.10. The summed E-state index contributed by atoms with van der Waals surface area (Å²) in [5, 5.41) is 2.92. The molecule has 1 heterocycles. The Hall–Kier alpha value is -1.45. The zero-order valence-electron chi connectivity index (χ0n) is 8.97. The summed E-state index contributed by atoms with van der Waals surface area (Å²) >= 11 is 0. The highest BCUT2D eigenvalue weighted by molar-refractivity contribution is 5.95. The Bertz CT molecular complexity index is 402. The van der Waals surface area contributed by atoms with Crippen LogP contribution in [0.2, 0.25) is 0 Å². The molecule has 0 spiro atoms. The molecule has 1 aromatic carbocycles. The fourth-order valence-electron chi connectivity index (χ4n) is 1.72. The van der Waals surface area contributed by atoms with E-state index in [0.717, 1.165) is 44.1 Å². The molecular weight excluding hydrogens is 210 g/mol. The minimum absolute atomic E-state index is 0.294. The molecule has 0 atom stereocenters. The van der Waals surface area contributed by atoms with Gasteiger partial charge in [-0.1, -0.05) is 6.42 Å². The van der Waals surface area contributed by atoms with Gasteiger partial charge in [-0.2, -0.15) is 0 Å². The molecule has 1 N–H and O–H groups in total. The molecule has 0 fully saturated rings. The molecule has 4 heteroatoms. The van der Waals surface area contributed by atoms with Crippen LogP contribution in [0.25, 0.3) is 0 Å². The number of hydrogen-bond donors (Lipinski definition) is 1. The SMILES string of the molecule is Fc1ccc(NC2=NCCCCC2)c(F)c1. The molecule has 2 nitrogen and oxygen atoms in total. The van der Waals surface area contributed by atoms with Crippen molar-refractivity contribution in [2.24, 2.45) is 4.99 Å². The average Bonchev–Trinajstić information content (AvgIpc) is 2.51. The molecule has 1 aliphatic heterocycles. The van der Waals surface area contributed by atoms with E-state index in [1.54, 1.807) is 0 Å². The van der Waals surface area contributed by atoms with Gasteiger partial charge in [0.2, 0.25) is 0 Å². The minimum atomic E-state index is -0.577. The summed E-state index contributed by atoms with van der Waals surface area (Å²) in [6.45, 7) is 0.783. The number of hydrogen-bond acceptors (Lipinski definition) is 2. The van der Waals surface area contributed by atoms with Crippen LogP contribution < -0.4 is 5.32 Å². The van der Waals surface area contributed by atoms with E-state index in [4.69, 9.17) is 0 Å². The van der Waals surface area contributed by atoms with Crippen molar-refractivity contribution in [1.82, 2.24) is 0 Å². The number of nitrogens with one attached hydrogen (secondary N) is 1. The molecule has 0 radical (unpaired) electrons. The molecule has 0 saturated carbocycles. The second-order valence-corrected chi connectivity index (χ2v) is 3.89. The van der Waals surface area contributed by atoms with Crippen molar-refractivity contribution in [3.05, 3.63) is 29.8 Å². The Labute approximate surface area is 93.4 Å².